The van der Waals surface area contributed by atoms with Crippen LogP contribution in [0.4, 0.5) is 5.69 Å². The Kier molecular flexibility index (Phi) is 4.32. The van der Waals surface area contributed by atoms with E-state index in [9.17, 15) is 18.0 Å². The first-order valence-corrected chi connectivity index (χ1v) is 8.33. The molecule has 114 valence electrons. The Morgan fingerprint density at radius 2 is 1.95 bits per heavy atom. The lowest BCUT2D eigenvalue weighted by Crippen LogP contribution is -2.34. The molecule has 0 saturated carbocycles. The summed E-state index contributed by atoms with van der Waals surface area (Å²) in [7, 11) is -0.321. The molecule has 1 aliphatic heterocycles. The van der Waals surface area contributed by atoms with Gasteiger partial charge in [-0.2, -0.15) is 0 Å². The van der Waals surface area contributed by atoms with Gasteiger partial charge in [0.05, 0.1) is 35.8 Å². The lowest BCUT2D eigenvalue weighted by Gasteiger charge is -2.22. The minimum atomic E-state index is -3.13. The summed E-state index contributed by atoms with van der Waals surface area (Å²) in [4.78, 5) is 25.5. The lowest BCUT2D eigenvalue weighted by atomic mass is 10.1. The molecule has 1 aliphatic rings. The molecule has 1 aromatic carbocycles. The fraction of sp³-hybridized carbons (Fsp3) is 0.429. The number of methoxy groups -OCH3 is 1. The summed E-state index contributed by atoms with van der Waals surface area (Å²) in [5, 5.41) is 0. The third-order valence-corrected chi connectivity index (χ3v) is 5.35. The standard InChI is InChI=1S/C14H17NO5S/c1-15(13(16)10-7-8-21(18,19)9-10)12-6-4-3-5-11(12)14(17)20-2/h3-6,10H,7-9H2,1-2H3. The van der Waals surface area contributed by atoms with Crippen LogP contribution in [0.5, 0.6) is 0 Å². The van der Waals surface area contributed by atoms with Crippen LogP contribution in [0.15, 0.2) is 24.3 Å². The first-order valence-electron chi connectivity index (χ1n) is 6.51. The number of rotatable bonds is 3. The molecule has 1 aromatic rings. The minimum absolute atomic E-state index is 0.0376. The predicted molar refractivity (Wildman–Crippen MR) is 78.0 cm³/mol. The number of amides is 1. The monoisotopic (exact) mass is 311 g/mol. The molecule has 0 spiro atoms. The smallest absolute Gasteiger partial charge is 0.339 e. The highest BCUT2D eigenvalue weighted by atomic mass is 32.2. The predicted octanol–water partition coefficient (Wildman–Crippen LogP) is 0.871. The van der Waals surface area contributed by atoms with Gasteiger partial charge in [0.1, 0.15) is 0 Å². The molecule has 7 heteroatoms. The van der Waals surface area contributed by atoms with Crippen LogP contribution in [-0.4, -0.2) is 46.0 Å². The van der Waals surface area contributed by atoms with Crippen molar-refractivity contribution in [2.45, 2.75) is 6.42 Å². The number of benzene rings is 1. The molecule has 0 radical (unpaired) electrons. The summed E-state index contributed by atoms with van der Waals surface area (Å²) < 4.78 is 27.7. The summed E-state index contributed by atoms with van der Waals surface area (Å²) >= 11 is 0. The van der Waals surface area contributed by atoms with Crippen LogP contribution < -0.4 is 4.90 Å². The summed E-state index contributed by atoms with van der Waals surface area (Å²) in [5.41, 5.74) is 0.690. The van der Waals surface area contributed by atoms with E-state index in [0.717, 1.165) is 0 Å². The van der Waals surface area contributed by atoms with Crippen molar-refractivity contribution in [1.82, 2.24) is 0 Å². The quantitative estimate of drug-likeness (QED) is 0.774. The molecule has 1 heterocycles. The van der Waals surface area contributed by atoms with Gasteiger partial charge in [0.25, 0.3) is 0 Å². The van der Waals surface area contributed by atoms with Crippen molar-refractivity contribution in [2.24, 2.45) is 5.92 Å². The maximum absolute atomic E-state index is 12.4. The fourth-order valence-electron chi connectivity index (χ4n) is 2.43. The number of carbonyl (C=O) groups excluding carboxylic acids is 2. The van der Waals surface area contributed by atoms with Gasteiger partial charge in [-0.05, 0) is 18.6 Å². The van der Waals surface area contributed by atoms with Crippen molar-refractivity contribution in [3.63, 3.8) is 0 Å². The second-order valence-electron chi connectivity index (χ2n) is 5.01. The zero-order chi connectivity index (χ0) is 15.6. The molecule has 1 fully saturated rings. The molecular weight excluding hydrogens is 294 g/mol. The van der Waals surface area contributed by atoms with E-state index in [0.29, 0.717) is 12.1 Å². The Bertz CT molecular complexity index is 668. The van der Waals surface area contributed by atoms with Crippen molar-refractivity contribution in [1.29, 1.82) is 0 Å². The Morgan fingerprint density at radius 1 is 1.29 bits per heavy atom. The van der Waals surface area contributed by atoms with Gasteiger partial charge < -0.3 is 9.64 Å². The summed E-state index contributed by atoms with van der Waals surface area (Å²) in [6.45, 7) is 0. The van der Waals surface area contributed by atoms with E-state index in [1.54, 1.807) is 24.3 Å². The number of sulfone groups is 1. The first-order chi connectivity index (χ1) is 9.85. The number of anilines is 1. The number of ether oxygens (including phenoxy) is 1. The number of nitrogens with zero attached hydrogens (tertiary/aromatic N) is 1. The number of hydrogen-bond acceptors (Lipinski definition) is 5. The van der Waals surface area contributed by atoms with E-state index in [2.05, 4.69) is 0 Å². The van der Waals surface area contributed by atoms with Crippen LogP contribution in [-0.2, 0) is 19.4 Å². The van der Waals surface area contributed by atoms with E-state index in [4.69, 9.17) is 4.74 Å². The second kappa shape index (κ2) is 5.85. The SMILES string of the molecule is COC(=O)c1ccccc1N(C)C(=O)C1CCS(=O)(=O)C1. The van der Waals surface area contributed by atoms with Crippen molar-refractivity contribution < 1.29 is 22.7 Å². The van der Waals surface area contributed by atoms with Crippen molar-refractivity contribution in [3.8, 4) is 0 Å². The van der Waals surface area contributed by atoms with Gasteiger partial charge in [0.15, 0.2) is 9.84 Å². The van der Waals surface area contributed by atoms with Crippen LogP contribution in [0.2, 0.25) is 0 Å². The highest BCUT2D eigenvalue weighted by Gasteiger charge is 2.35. The van der Waals surface area contributed by atoms with Crippen LogP contribution in [0.25, 0.3) is 0 Å². The molecule has 1 amide bonds. The van der Waals surface area contributed by atoms with Gasteiger partial charge in [0.2, 0.25) is 5.91 Å². The zero-order valence-electron chi connectivity index (χ0n) is 11.9. The topological polar surface area (TPSA) is 80.8 Å². The maximum atomic E-state index is 12.4. The minimum Gasteiger partial charge on any atom is -0.465 e. The molecule has 0 aromatic heterocycles. The van der Waals surface area contributed by atoms with E-state index in [-0.39, 0.29) is 23.0 Å². The zero-order valence-corrected chi connectivity index (χ0v) is 12.7. The van der Waals surface area contributed by atoms with Crippen molar-refractivity contribution in [3.05, 3.63) is 29.8 Å². The Labute approximate surface area is 123 Å². The maximum Gasteiger partial charge on any atom is 0.339 e. The first kappa shape index (κ1) is 15.5. The molecule has 1 unspecified atom stereocenters. The molecule has 0 N–H and O–H groups in total. The van der Waals surface area contributed by atoms with Crippen molar-refractivity contribution >= 4 is 27.4 Å². The number of carbonyl (C=O) groups is 2. The Morgan fingerprint density at radius 3 is 2.52 bits per heavy atom. The summed E-state index contributed by atoms with van der Waals surface area (Å²) in [5.74, 6) is -1.48. The van der Waals surface area contributed by atoms with Crippen LogP contribution in [0.1, 0.15) is 16.8 Å². The molecule has 1 saturated heterocycles. The van der Waals surface area contributed by atoms with Gasteiger partial charge in [-0.15, -0.1) is 0 Å². The second-order valence-corrected chi connectivity index (χ2v) is 7.23. The number of para-hydroxylation sites is 1. The van der Waals surface area contributed by atoms with E-state index in [1.807, 2.05) is 0 Å². The Balaban J connectivity index is 2.26. The molecule has 21 heavy (non-hydrogen) atoms. The number of hydrogen-bond donors (Lipinski definition) is 0. The van der Waals surface area contributed by atoms with Gasteiger partial charge in [-0.3, -0.25) is 4.79 Å². The van der Waals surface area contributed by atoms with Crippen molar-refractivity contribution in [2.75, 3.05) is 30.6 Å². The van der Waals surface area contributed by atoms with Gasteiger partial charge >= 0.3 is 5.97 Å². The highest BCUT2D eigenvalue weighted by molar-refractivity contribution is 7.91. The third-order valence-electron chi connectivity index (χ3n) is 3.58. The van der Waals surface area contributed by atoms with Gasteiger partial charge in [-0.1, -0.05) is 12.1 Å². The van der Waals surface area contributed by atoms with E-state index >= 15 is 0 Å². The Hall–Kier alpha value is -1.89. The van der Waals surface area contributed by atoms with Gasteiger partial charge in [-0.25, -0.2) is 13.2 Å². The summed E-state index contributed by atoms with van der Waals surface area (Å²) in [6, 6.07) is 6.58. The van der Waals surface area contributed by atoms with Crippen LogP contribution in [0, 0.1) is 5.92 Å². The fourth-order valence-corrected chi connectivity index (χ4v) is 4.16. The molecular formula is C14H17NO5S. The average molecular weight is 311 g/mol. The van der Waals surface area contributed by atoms with Crippen LogP contribution in [0.3, 0.4) is 0 Å². The van der Waals surface area contributed by atoms with E-state index < -0.39 is 21.7 Å². The number of esters is 1. The molecule has 2 rings (SSSR count). The average Bonchev–Trinajstić information content (AvgIpc) is 2.85. The molecule has 0 aliphatic carbocycles. The molecule has 0 bridgehead atoms. The van der Waals surface area contributed by atoms with Crippen LogP contribution >= 0.6 is 0 Å². The normalized spacial score (nSPS) is 20.0. The molecule has 1 atom stereocenters. The van der Waals surface area contributed by atoms with E-state index in [1.165, 1.54) is 19.1 Å². The molecule has 6 nitrogen and oxygen atoms in total. The summed E-state index contributed by atoms with van der Waals surface area (Å²) in [6.07, 6.45) is 0.325. The van der Waals surface area contributed by atoms with Gasteiger partial charge in [0, 0.05) is 7.05 Å². The largest absolute Gasteiger partial charge is 0.465 e. The third kappa shape index (κ3) is 3.24. The highest BCUT2D eigenvalue weighted by Crippen LogP contribution is 2.26. The lowest BCUT2D eigenvalue weighted by molar-refractivity contribution is -0.121.